The fraction of sp³-hybridized carbons (Fsp3) is 0.207. The Kier molecular flexibility index (Phi) is 6.57. The molecule has 5 rings (SSSR count). The Hall–Kier alpha value is -3.97. The summed E-state index contributed by atoms with van der Waals surface area (Å²) in [7, 11) is 0. The van der Waals surface area contributed by atoms with E-state index in [0.29, 0.717) is 11.4 Å². The topological polar surface area (TPSA) is 71.5 Å². The zero-order chi connectivity index (χ0) is 25.2. The van der Waals surface area contributed by atoms with E-state index in [1.807, 2.05) is 79.0 Å². The van der Waals surface area contributed by atoms with E-state index in [1.54, 1.807) is 11.3 Å². The van der Waals surface area contributed by atoms with Crippen LogP contribution in [0.3, 0.4) is 0 Å². The van der Waals surface area contributed by atoms with Gasteiger partial charge in [-0.15, -0.1) is 11.3 Å². The number of fused-ring (bicyclic) bond motifs is 1. The molecule has 3 aromatic carbocycles. The third kappa shape index (κ3) is 4.75. The van der Waals surface area contributed by atoms with E-state index in [0.717, 1.165) is 38.6 Å². The molecule has 7 heteroatoms. The van der Waals surface area contributed by atoms with Gasteiger partial charge in [-0.1, -0.05) is 62.4 Å². The molecule has 4 aromatic rings. The Labute approximate surface area is 214 Å². The first-order chi connectivity index (χ1) is 17.4. The first-order valence-corrected chi connectivity index (χ1v) is 12.8. The number of aryl methyl sites for hydroxylation is 1. The molecule has 0 bridgehead atoms. The normalized spacial score (nSPS) is 12.9. The Balaban J connectivity index is 1.41. The first-order valence-electron chi connectivity index (χ1n) is 11.9. The molecule has 2 amide bonds. The summed E-state index contributed by atoms with van der Waals surface area (Å²) in [6, 6.07) is 21.6. The first kappa shape index (κ1) is 23.8. The summed E-state index contributed by atoms with van der Waals surface area (Å²) in [4.78, 5) is 32.2. The number of para-hydroxylation sites is 1. The fourth-order valence-corrected chi connectivity index (χ4v) is 5.15. The standard InChI is InChI=1S/C29H27N3O3S/c1-18(2)22-11-7-8-19(3)28(22)31-26(33)15-32-24-14-21(12-13-25(24)35-16-27(32)34)23-17-36-29(30-23)20-9-5-4-6-10-20/h4-14,17-18H,15-16H2,1-3H3,(H,31,33). The van der Waals surface area contributed by atoms with Gasteiger partial charge in [0.1, 0.15) is 17.3 Å². The van der Waals surface area contributed by atoms with Crippen LogP contribution in [0.15, 0.2) is 72.1 Å². The minimum Gasteiger partial charge on any atom is -0.482 e. The molecule has 0 atom stereocenters. The Morgan fingerprint density at radius 3 is 2.67 bits per heavy atom. The van der Waals surface area contributed by atoms with Crippen LogP contribution < -0.4 is 15.0 Å². The van der Waals surface area contributed by atoms with Gasteiger partial charge in [-0.2, -0.15) is 0 Å². The summed E-state index contributed by atoms with van der Waals surface area (Å²) < 4.78 is 5.66. The van der Waals surface area contributed by atoms with Crippen LogP contribution in [-0.2, 0) is 9.59 Å². The Morgan fingerprint density at radius 1 is 1.08 bits per heavy atom. The summed E-state index contributed by atoms with van der Waals surface area (Å²) in [5.41, 5.74) is 6.16. The molecular formula is C29H27N3O3S. The molecule has 36 heavy (non-hydrogen) atoms. The van der Waals surface area contributed by atoms with Crippen molar-refractivity contribution in [3.63, 3.8) is 0 Å². The number of hydrogen-bond donors (Lipinski definition) is 1. The molecule has 182 valence electrons. The lowest BCUT2D eigenvalue weighted by atomic mass is 9.98. The van der Waals surface area contributed by atoms with Crippen molar-refractivity contribution in [1.82, 2.24) is 4.98 Å². The monoisotopic (exact) mass is 497 g/mol. The molecule has 1 N–H and O–H groups in total. The minimum atomic E-state index is -0.257. The maximum absolute atomic E-state index is 13.1. The van der Waals surface area contributed by atoms with Crippen molar-refractivity contribution in [1.29, 1.82) is 0 Å². The molecule has 0 spiro atoms. The number of thiazole rings is 1. The van der Waals surface area contributed by atoms with Crippen LogP contribution in [0.2, 0.25) is 0 Å². The number of hydrogen-bond acceptors (Lipinski definition) is 5. The van der Waals surface area contributed by atoms with Gasteiger partial charge in [0.25, 0.3) is 5.91 Å². The van der Waals surface area contributed by atoms with Gasteiger partial charge in [0.05, 0.1) is 11.4 Å². The maximum atomic E-state index is 13.1. The molecular weight excluding hydrogens is 470 g/mol. The van der Waals surface area contributed by atoms with Crippen LogP contribution in [0.4, 0.5) is 11.4 Å². The second-order valence-electron chi connectivity index (χ2n) is 9.10. The molecule has 0 saturated carbocycles. The average molecular weight is 498 g/mol. The molecule has 0 fully saturated rings. The third-order valence-corrected chi connectivity index (χ3v) is 7.11. The highest BCUT2D eigenvalue weighted by molar-refractivity contribution is 7.13. The van der Waals surface area contributed by atoms with Gasteiger partial charge >= 0.3 is 0 Å². The van der Waals surface area contributed by atoms with Crippen LogP contribution in [0.1, 0.15) is 30.9 Å². The predicted molar refractivity (Wildman–Crippen MR) is 145 cm³/mol. The zero-order valence-corrected chi connectivity index (χ0v) is 21.3. The van der Waals surface area contributed by atoms with E-state index >= 15 is 0 Å². The summed E-state index contributed by atoms with van der Waals surface area (Å²) in [6.45, 7) is 5.96. The highest BCUT2D eigenvalue weighted by atomic mass is 32.1. The molecule has 0 unspecified atom stereocenters. The third-order valence-electron chi connectivity index (χ3n) is 6.22. The molecule has 1 aromatic heterocycles. The molecule has 0 saturated heterocycles. The van der Waals surface area contributed by atoms with Gasteiger partial charge in [-0.3, -0.25) is 14.5 Å². The molecule has 1 aliphatic rings. The van der Waals surface area contributed by atoms with Crippen molar-refractivity contribution in [3.8, 4) is 27.6 Å². The molecule has 6 nitrogen and oxygen atoms in total. The summed E-state index contributed by atoms with van der Waals surface area (Å²) in [5, 5.41) is 5.96. The van der Waals surface area contributed by atoms with E-state index < -0.39 is 0 Å². The number of anilines is 2. The van der Waals surface area contributed by atoms with E-state index in [-0.39, 0.29) is 30.9 Å². The van der Waals surface area contributed by atoms with Gasteiger partial charge in [-0.25, -0.2) is 4.98 Å². The van der Waals surface area contributed by atoms with E-state index in [2.05, 4.69) is 19.2 Å². The summed E-state index contributed by atoms with van der Waals surface area (Å²) in [6.07, 6.45) is 0. The number of carbonyl (C=O) groups excluding carboxylic acids is 2. The highest BCUT2D eigenvalue weighted by Gasteiger charge is 2.28. The SMILES string of the molecule is Cc1cccc(C(C)C)c1NC(=O)CN1C(=O)COc2ccc(-c3csc(-c4ccccc4)n3)cc21. The predicted octanol–water partition coefficient (Wildman–Crippen LogP) is 6.27. The Bertz CT molecular complexity index is 1430. The maximum Gasteiger partial charge on any atom is 0.265 e. The molecule has 0 aliphatic carbocycles. The lowest BCUT2D eigenvalue weighted by Crippen LogP contribution is -2.43. The van der Waals surface area contributed by atoms with Crippen LogP contribution in [0, 0.1) is 6.92 Å². The number of carbonyl (C=O) groups is 2. The van der Waals surface area contributed by atoms with E-state index in [4.69, 9.17) is 9.72 Å². The smallest absolute Gasteiger partial charge is 0.265 e. The number of rotatable bonds is 6. The van der Waals surface area contributed by atoms with E-state index in [9.17, 15) is 9.59 Å². The zero-order valence-electron chi connectivity index (χ0n) is 20.4. The molecule has 1 aliphatic heterocycles. The number of nitrogens with zero attached hydrogens (tertiary/aromatic N) is 2. The van der Waals surface area contributed by atoms with Crippen molar-refractivity contribution in [2.45, 2.75) is 26.7 Å². The largest absolute Gasteiger partial charge is 0.482 e. The van der Waals surface area contributed by atoms with Crippen LogP contribution in [0.5, 0.6) is 5.75 Å². The van der Waals surface area contributed by atoms with Gasteiger partial charge in [-0.05, 0) is 42.2 Å². The van der Waals surface area contributed by atoms with Crippen LogP contribution in [0.25, 0.3) is 21.8 Å². The Morgan fingerprint density at radius 2 is 1.89 bits per heavy atom. The second kappa shape index (κ2) is 9.95. The van der Waals surface area contributed by atoms with Gasteiger partial charge < -0.3 is 10.1 Å². The van der Waals surface area contributed by atoms with Crippen molar-refractivity contribution < 1.29 is 14.3 Å². The lowest BCUT2D eigenvalue weighted by Gasteiger charge is -2.29. The number of benzene rings is 3. The number of ether oxygens (including phenoxy) is 1. The fourth-order valence-electron chi connectivity index (χ4n) is 4.32. The quantitative estimate of drug-likeness (QED) is 0.341. The van der Waals surface area contributed by atoms with Crippen molar-refractivity contribution in [2.24, 2.45) is 0 Å². The number of amides is 2. The minimum absolute atomic E-state index is 0.100. The van der Waals surface area contributed by atoms with Crippen molar-refractivity contribution in [3.05, 3.63) is 83.2 Å². The number of aromatic nitrogens is 1. The van der Waals surface area contributed by atoms with E-state index in [1.165, 1.54) is 4.90 Å². The van der Waals surface area contributed by atoms with Gasteiger partial charge in [0.15, 0.2) is 6.61 Å². The van der Waals surface area contributed by atoms with Crippen LogP contribution in [-0.4, -0.2) is 29.9 Å². The molecule has 2 heterocycles. The summed E-state index contributed by atoms with van der Waals surface area (Å²) >= 11 is 1.57. The van der Waals surface area contributed by atoms with Crippen molar-refractivity contribution in [2.75, 3.05) is 23.4 Å². The average Bonchev–Trinajstić information content (AvgIpc) is 3.37. The second-order valence-corrected chi connectivity index (χ2v) is 9.96. The number of nitrogens with one attached hydrogen (secondary N) is 1. The highest BCUT2D eigenvalue weighted by Crippen LogP contribution is 2.37. The summed E-state index contributed by atoms with van der Waals surface area (Å²) in [5.74, 6) is 0.320. The molecule has 0 radical (unpaired) electrons. The van der Waals surface area contributed by atoms with Crippen LogP contribution >= 0.6 is 11.3 Å². The van der Waals surface area contributed by atoms with Gasteiger partial charge in [0.2, 0.25) is 5.91 Å². The van der Waals surface area contributed by atoms with Crippen molar-refractivity contribution >= 4 is 34.5 Å². The lowest BCUT2D eigenvalue weighted by molar-refractivity contribution is -0.123. The van der Waals surface area contributed by atoms with Gasteiger partial charge in [0, 0.05) is 22.2 Å².